The quantitative estimate of drug-likeness (QED) is 0.672. The molecule has 3 N–H and O–H groups in total. The summed E-state index contributed by atoms with van der Waals surface area (Å²) in [4.78, 5) is 5.53. The zero-order chi connectivity index (χ0) is 15.2. The van der Waals surface area contributed by atoms with Crippen molar-refractivity contribution >= 4 is 17.3 Å². The number of halogens is 2. The molecule has 0 atom stereocenters. The van der Waals surface area contributed by atoms with Crippen molar-refractivity contribution in [1.82, 2.24) is 0 Å². The molecule has 4 nitrogen and oxygen atoms in total. The van der Waals surface area contributed by atoms with Crippen LogP contribution in [0.25, 0.3) is 0 Å². The lowest BCUT2D eigenvalue weighted by Crippen LogP contribution is -2.35. The van der Waals surface area contributed by atoms with E-state index in [1.165, 1.54) is 23.1 Å². The topological polar surface area (TPSA) is 53.6 Å². The van der Waals surface area contributed by atoms with Gasteiger partial charge in [0.15, 0.2) is 5.96 Å². The Hall–Kier alpha value is -2.63. The molecule has 0 unspecified atom stereocenters. The van der Waals surface area contributed by atoms with Crippen molar-refractivity contribution in [3.05, 3.63) is 60.2 Å². The molecule has 0 aliphatic carbocycles. The maximum Gasteiger partial charge on any atom is 0.197 e. The molecule has 110 valence electrons. The number of para-hydroxylation sites is 1. The van der Waals surface area contributed by atoms with Gasteiger partial charge in [-0.2, -0.15) is 0 Å². The minimum absolute atomic E-state index is 0.156. The SMILES string of the molecule is CN(C(N)=NCNc1cccc(F)c1)c1ccccc1F. The first-order valence-corrected chi connectivity index (χ1v) is 6.35. The van der Waals surface area contributed by atoms with E-state index in [0.29, 0.717) is 11.4 Å². The van der Waals surface area contributed by atoms with Gasteiger partial charge in [-0.05, 0) is 30.3 Å². The van der Waals surface area contributed by atoms with Crippen molar-refractivity contribution < 1.29 is 8.78 Å². The lowest BCUT2D eigenvalue weighted by atomic mass is 10.3. The van der Waals surface area contributed by atoms with Crippen LogP contribution in [0.15, 0.2) is 53.5 Å². The zero-order valence-corrected chi connectivity index (χ0v) is 11.6. The molecule has 0 aliphatic heterocycles. The van der Waals surface area contributed by atoms with Crippen molar-refractivity contribution in [3.8, 4) is 0 Å². The van der Waals surface area contributed by atoms with E-state index < -0.39 is 0 Å². The third-order valence-electron chi connectivity index (χ3n) is 2.91. The Balaban J connectivity index is 1.99. The highest BCUT2D eigenvalue weighted by atomic mass is 19.1. The van der Waals surface area contributed by atoms with Gasteiger partial charge in [-0.1, -0.05) is 18.2 Å². The minimum Gasteiger partial charge on any atom is -0.369 e. The number of hydrogen-bond donors (Lipinski definition) is 2. The second-order valence-corrected chi connectivity index (χ2v) is 4.37. The summed E-state index contributed by atoms with van der Waals surface area (Å²) < 4.78 is 26.6. The number of guanidine groups is 1. The van der Waals surface area contributed by atoms with Gasteiger partial charge in [0.05, 0.1) is 5.69 Å². The molecule has 2 rings (SSSR count). The average Bonchev–Trinajstić information content (AvgIpc) is 2.47. The van der Waals surface area contributed by atoms with Crippen LogP contribution in [0, 0.1) is 11.6 Å². The van der Waals surface area contributed by atoms with Crippen molar-refractivity contribution in [2.45, 2.75) is 0 Å². The van der Waals surface area contributed by atoms with Crippen LogP contribution in [0.5, 0.6) is 0 Å². The fraction of sp³-hybridized carbons (Fsp3) is 0.133. The van der Waals surface area contributed by atoms with Crippen LogP contribution in [0.4, 0.5) is 20.2 Å². The predicted octanol–water partition coefficient (Wildman–Crippen LogP) is 2.79. The summed E-state index contributed by atoms with van der Waals surface area (Å²) in [5, 5.41) is 2.91. The van der Waals surface area contributed by atoms with E-state index in [1.54, 1.807) is 37.4 Å². The molecule has 0 saturated carbocycles. The molecular formula is C15H16F2N4. The lowest BCUT2D eigenvalue weighted by molar-refractivity contribution is 0.627. The van der Waals surface area contributed by atoms with E-state index in [0.717, 1.165) is 0 Å². The van der Waals surface area contributed by atoms with Gasteiger partial charge >= 0.3 is 0 Å². The van der Waals surface area contributed by atoms with Crippen LogP contribution >= 0.6 is 0 Å². The van der Waals surface area contributed by atoms with Gasteiger partial charge in [0.25, 0.3) is 0 Å². The summed E-state index contributed by atoms with van der Waals surface area (Å²) in [6.45, 7) is 0.161. The van der Waals surface area contributed by atoms with Crippen LogP contribution in [0.2, 0.25) is 0 Å². The highest BCUT2D eigenvalue weighted by Crippen LogP contribution is 2.16. The summed E-state index contributed by atoms with van der Waals surface area (Å²) >= 11 is 0. The molecule has 0 heterocycles. The molecule has 0 amide bonds. The van der Waals surface area contributed by atoms with E-state index in [2.05, 4.69) is 10.3 Å². The molecule has 0 radical (unpaired) electrons. The average molecular weight is 290 g/mol. The summed E-state index contributed by atoms with van der Waals surface area (Å²) in [7, 11) is 1.62. The number of rotatable bonds is 4. The summed E-state index contributed by atoms with van der Waals surface area (Å²) in [6, 6.07) is 12.3. The molecule has 0 spiro atoms. The number of benzene rings is 2. The molecule has 0 fully saturated rings. The molecule has 0 bridgehead atoms. The molecule has 0 saturated heterocycles. The van der Waals surface area contributed by atoms with Crippen molar-refractivity contribution in [3.63, 3.8) is 0 Å². The van der Waals surface area contributed by atoms with Crippen LogP contribution in [-0.4, -0.2) is 19.7 Å². The van der Waals surface area contributed by atoms with E-state index in [4.69, 9.17) is 5.73 Å². The molecule has 0 aromatic heterocycles. The Morgan fingerprint density at radius 1 is 1.19 bits per heavy atom. The third kappa shape index (κ3) is 3.92. The molecular weight excluding hydrogens is 274 g/mol. The number of aliphatic imine (C=N–C) groups is 1. The van der Waals surface area contributed by atoms with Gasteiger partial charge in [0.2, 0.25) is 0 Å². The molecule has 2 aromatic rings. The van der Waals surface area contributed by atoms with Crippen molar-refractivity contribution in [2.75, 3.05) is 23.9 Å². The molecule has 2 aromatic carbocycles. The lowest BCUT2D eigenvalue weighted by Gasteiger charge is -2.18. The van der Waals surface area contributed by atoms with Crippen LogP contribution in [-0.2, 0) is 0 Å². The van der Waals surface area contributed by atoms with E-state index in [9.17, 15) is 8.78 Å². The third-order valence-corrected chi connectivity index (χ3v) is 2.91. The van der Waals surface area contributed by atoms with Gasteiger partial charge < -0.3 is 16.0 Å². The number of nitrogens with zero attached hydrogens (tertiary/aromatic N) is 2. The van der Waals surface area contributed by atoms with E-state index in [-0.39, 0.29) is 24.3 Å². The summed E-state index contributed by atoms with van der Waals surface area (Å²) in [6.07, 6.45) is 0. The standard InChI is InChI=1S/C15H16F2N4/c1-21(14-8-3-2-7-13(14)17)15(18)20-10-19-12-6-4-5-11(16)9-12/h2-9,19H,10H2,1H3,(H2,18,20). The second kappa shape index (κ2) is 6.69. The minimum atomic E-state index is -0.378. The van der Waals surface area contributed by atoms with Crippen molar-refractivity contribution in [1.29, 1.82) is 0 Å². The first-order valence-electron chi connectivity index (χ1n) is 6.35. The second-order valence-electron chi connectivity index (χ2n) is 4.37. The fourth-order valence-electron chi connectivity index (χ4n) is 1.76. The Kier molecular flexibility index (Phi) is 4.71. The fourth-order valence-corrected chi connectivity index (χ4v) is 1.76. The Labute approximate surface area is 121 Å². The Morgan fingerprint density at radius 3 is 2.67 bits per heavy atom. The maximum absolute atomic E-state index is 13.6. The van der Waals surface area contributed by atoms with Gasteiger partial charge in [-0.25, -0.2) is 13.8 Å². The molecule has 6 heteroatoms. The maximum atomic E-state index is 13.6. The Bertz CT molecular complexity index is 643. The van der Waals surface area contributed by atoms with Crippen molar-refractivity contribution in [2.24, 2.45) is 10.7 Å². The highest BCUT2D eigenvalue weighted by Gasteiger charge is 2.09. The molecule has 21 heavy (non-hydrogen) atoms. The smallest absolute Gasteiger partial charge is 0.197 e. The number of anilines is 2. The zero-order valence-electron chi connectivity index (χ0n) is 11.6. The van der Waals surface area contributed by atoms with Gasteiger partial charge in [0.1, 0.15) is 18.3 Å². The normalized spacial score (nSPS) is 11.3. The monoisotopic (exact) mass is 290 g/mol. The first kappa shape index (κ1) is 14.8. The van der Waals surface area contributed by atoms with Gasteiger partial charge in [-0.3, -0.25) is 0 Å². The van der Waals surface area contributed by atoms with Crippen LogP contribution < -0.4 is 16.0 Å². The van der Waals surface area contributed by atoms with Gasteiger partial charge in [-0.15, -0.1) is 0 Å². The van der Waals surface area contributed by atoms with Crippen LogP contribution in [0.3, 0.4) is 0 Å². The molecule has 0 aliphatic rings. The number of hydrogen-bond acceptors (Lipinski definition) is 2. The number of nitrogens with two attached hydrogens (primary N) is 1. The summed E-state index contributed by atoms with van der Waals surface area (Å²) in [5.41, 5.74) is 6.74. The largest absolute Gasteiger partial charge is 0.369 e. The Morgan fingerprint density at radius 2 is 1.95 bits per heavy atom. The highest BCUT2D eigenvalue weighted by molar-refractivity contribution is 5.94. The first-order chi connectivity index (χ1) is 10.1. The number of nitrogens with one attached hydrogen (secondary N) is 1. The van der Waals surface area contributed by atoms with E-state index in [1.807, 2.05) is 0 Å². The van der Waals surface area contributed by atoms with E-state index >= 15 is 0 Å². The summed E-state index contributed by atoms with van der Waals surface area (Å²) in [5.74, 6) is -0.555. The predicted molar refractivity (Wildman–Crippen MR) is 81.3 cm³/mol. The van der Waals surface area contributed by atoms with Gasteiger partial charge in [0, 0.05) is 12.7 Å². The van der Waals surface area contributed by atoms with Crippen LogP contribution in [0.1, 0.15) is 0 Å².